The monoisotopic (exact) mass is 340 g/mol. The van der Waals surface area contributed by atoms with E-state index in [9.17, 15) is 9.00 Å². The van der Waals surface area contributed by atoms with Crippen LogP contribution >= 0.6 is 11.8 Å². The van der Waals surface area contributed by atoms with Crippen LogP contribution in [0.1, 0.15) is 19.4 Å². The molecule has 0 aliphatic carbocycles. The average Bonchev–Trinajstić information content (AvgIpc) is 2.47. The lowest BCUT2D eigenvalue weighted by Crippen LogP contribution is -2.50. The van der Waals surface area contributed by atoms with Gasteiger partial charge in [0.2, 0.25) is 0 Å². The fourth-order valence-corrected chi connectivity index (χ4v) is 4.56. The molecule has 1 N–H and O–H groups in total. The lowest BCUT2D eigenvalue weighted by molar-refractivity contribution is 0.195. The molecule has 0 radical (unpaired) electrons. The molecule has 22 heavy (non-hydrogen) atoms. The maximum absolute atomic E-state index is 12.1. The Labute approximate surface area is 139 Å². The average molecular weight is 341 g/mol. The summed E-state index contributed by atoms with van der Waals surface area (Å²) in [6.07, 6.45) is 0. The number of urea groups is 1. The number of benzene rings is 1. The van der Waals surface area contributed by atoms with Crippen molar-refractivity contribution in [2.24, 2.45) is 0 Å². The molecule has 1 aliphatic heterocycles. The minimum atomic E-state index is -0.945. The quantitative estimate of drug-likeness (QED) is 0.896. The summed E-state index contributed by atoms with van der Waals surface area (Å²) in [6, 6.07) is 9.76. The molecule has 0 aromatic heterocycles. The maximum atomic E-state index is 12.1. The number of thioether (sulfide) groups is 1. The molecular weight excluding hydrogens is 316 g/mol. The number of rotatable bonds is 5. The molecule has 1 fully saturated rings. The van der Waals surface area contributed by atoms with E-state index in [1.807, 2.05) is 47.0 Å². The molecule has 0 unspecified atom stereocenters. The van der Waals surface area contributed by atoms with Crippen molar-refractivity contribution >= 4 is 28.6 Å². The second-order valence-electron chi connectivity index (χ2n) is 6.04. The molecule has 1 atom stereocenters. The van der Waals surface area contributed by atoms with E-state index < -0.39 is 10.8 Å². The van der Waals surface area contributed by atoms with E-state index in [1.165, 1.54) is 0 Å². The molecule has 1 aliphatic rings. The van der Waals surface area contributed by atoms with E-state index >= 15 is 0 Å². The lowest BCUT2D eigenvalue weighted by atomic mass is 10.2. The fourth-order valence-electron chi connectivity index (χ4n) is 2.41. The van der Waals surface area contributed by atoms with Gasteiger partial charge in [-0.3, -0.25) is 4.21 Å². The third kappa shape index (κ3) is 5.65. The Morgan fingerprint density at radius 1 is 1.36 bits per heavy atom. The van der Waals surface area contributed by atoms with Crippen molar-refractivity contribution < 1.29 is 9.00 Å². The Hall–Kier alpha value is -1.01. The highest BCUT2D eigenvalue weighted by molar-refractivity contribution is 8.00. The van der Waals surface area contributed by atoms with E-state index in [2.05, 4.69) is 19.2 Å². The van der Waals surface area contributed by atoms with Crippen molar-refractivity contribution in [2.75, 3.05) is 31.1 Å². The molecule has 1 aromatic rings. The van der Waals surface area contributed by atoms with Crippen LogP contribution in [0.5, 0.6) is 0 Å². The number of nitrogens with zero attached hydrogens (tertiary/aromatic N) is 1. The Morgan fingerprint density at radius 3 is 2.77 bits per heavy atom. The molecule has 122 valence electrons. The SMILES string of the molecule is CC1(C)CN(C(=O)NCC[S@](=O)Cc2ccccc2)CCS1. The van der Waals surface area contributed by atoms with Gasteiger partial charge < -0.3 is 10.2 Å². The Bertz CT molecular complexity index is 520. The molecule has 0 spiro atoms. The number of hydrogen-bond donors (Lipinski definition) is 1. The molecular formula is C16H24N2O2S2. The van der Waals surface area contributed by atoms with E-state index in [1.54, 1.807) is 0 Å². The van der Waals surface area contributed by atoms with Crippen LogP contribution in [0, 0.1) is 0 Å². The second-order valence-corrected chi connectivity index (χ2v) is 9.41. The van der Waals surface area contributed by atoms with Crippen LogP contribution in [-0.2, 0) is 16.6 Å². The van der Waals surface area contributed by atoms with Gasteiger partial charge in [0.05, 0.1) is 0 Å². The van der Waals surface area contributed by atoms with E-state index in [0.717, 1.165) is 24.4 Å². The van der Waals surface area contributed by atoms with Gasteiger partial charge in [-0.25, -0.2) is 4.79 Å². The zero-order valence-corrected chi connectivity index (χ0v) is 14.8. The zero-order valence-electron chi connectivity index (χ0n) is 13.2. The fraction of sp³-hybridized carbons (Fsp3) is 0.562. The highest BCUT2D eigenvalue weighted by Gasteiger charge is 2.29. The van der Waals surface area contributed by atoms with Crippen LogP contribution in [0.4, 0.5) is 4.79 Å². The number of nitrogens with one attached hydrogen (secondary N) is 1. The van der Waals surface area contributed by atoms with Gasteiger partial charge >= 0.3 is 6.03 Å². The Kier molecular flexibility index (Phi) is 6.32. The van der Waals surface area contributed by atoms with E-state index in [0.29, 0.717) is 18.1 Å². The summed E-state index contributed by atoms with van der Waals surface area (Å²) in [6.45, 7) is 6.32. The van der Waals surface area contributed by atoms with E-state index in [-0.39, 0.29) is 10.8 Å². The molecule has 0 bridgehead atoms. The normalized spacial score (nSPS) is 18.7. The summed E-state index contributed by atoms with van der Waals surface area (Å²) in [5, 5.41) is 2.89. The molecule has 1 saturated heterocycles. The van der Waals surface area contributed by atoms with E-state index in [4.69, 9.17) is 0 Å². The van der Waals surface area contributed by atoms with Crippen LogP contribution in [-0.4, -0.2) is 51.0 Å². The topological polar surface area (TPSA) is 49.4 Å². The molecule has 2 amide bonds. The number of amides is 2. The first-order valence-corrected chi connectivity index (χ1v) is 9.99. The van der Waals surface area contributed by atoms with Gasteiger partial charge in [-0.2, -0.15) is 11.8 Å². The molecule has 0 saturated carbocycles. The minimum Gasteiger partial charge on any atom is -0.337 e. The molecule has 2 rings (SSSR count). The van der Waals surface area contributed by atoms with Crippen molar-refractivity contribution in [3.63, 3.8) is 0 Å². The van der Waals surface area contributed by atoms with Crippen molar-refractivity contribution in [1.29, 1.82) is 0 Å². The van der Waals surface area contributed by atoms with Gasteiger partial charge in [-0.15, -0.1) is 0 Å². The predicted molar refractivity (Wildman–Crippen MR) is 94.7 cm³/mol. The van der Waals surface area contributed by atoms with Crippen molar-refractivity contribution in [3.05, 3.63) is 35.9 Å². The second kappa shape index (κ2) is 8.02. The van der Waals surface area contributed by atoms with Crippen LogP contribution in [0.25, 0.3) is 0 Å². The van der Waals surface area contributed by atoms with Crippen molar-refractivity contribution in [3.8, 4) is 0 Å². The summed E-state index contributed by atoms with van der Waals surface area (Å²) in [7, 11) is -0.945. The summed E-state index contributed by atoms with van der Waals surface area (Å²) in [4.78, 5) is 14.0. The summed E-state index contributed by atoms with van der Waals surface area (Å²) >= 11 is 1.90. The molecule has 1 heterocycles. The largest absolute Gasteiger partial charge is 0.337 e. The lowest BCUT2D eigenvalue weighted by Gasteiger charge is -2.37. The third-order valence-electron chi connectivity index (χ3n) is 3.49. The van der Waals surface area contributed by atoms with Gasteiger partial charge in [0, 0.05) is 52.4 Å². The Morgan fingerprint density at radius 2 is 2.09 bits per heavy atom. The number of carbonyl (C=O) groups excluding carboxylic acids is 1. The van der Waals surface area contributed by atoms with Crippen LogP contribution in [0.3, 0.4) is 0 Å². The third-order valence-corrected chi connectivity index (χ3v) is 6.10. The van der Waals surface area contributed by atoms with Crippen LogP contribution < -0.4 is 5.32 Å². The molecule has 1 aromatic carbocycles. The summed E-state index contributed by atoms with van der Waals surface area (Å²) < 4.78 is 12.1. The van der Waals surface area contributed by atoms with Gasteiger partial charge in [0.1, 0.15) is 0 Å². The first-order valence-electron chi connectivity index (χ1n) is 7.52. The predicted octanol–water partition coefficient (Wildman–Crippen LogP) is 2.47. The van der Waals surface area contributed by atoms with Crippen LogP contribution in [0.15, 0.2) is 30.3 Å². The van der Waals surface area contributed by atoms with Crippen LogP contribution in [0.2, 0.25) is 0 Å². The smallest absolute Gasteiger partial charge is 0.317 e. The number of hydrogen-bond acceptors (Lipinski definition) is 3. The van der Waals surface area contributed by atoms with Gasteiger partial charge in [0.25, 0.3) is 0 Å². The van der Waals surface area contributed by atoms with Gasteiger partial charge in [0.15, 0.2) is 0 Å². The Balaban J connectivity index is 1.69. The number of carbonyl (C=O) groups is 1. The first kappa shape index (κ1) is 17.3. The highest BCUT2D eigenvalue weighted by atomic mass is 32.2. The van der Waals surface area contributed by atoms with Gasteiger partial charge in [-0.05, 0) is 19.4 Å². The van der Waals surface area contributed by atoms with Gasteiger partial charge in [-0.1, -0.05) is 30.3 Å². The summed E-state index contributed by atoms with van der Waals surface area (Å²) in [5.74, 6) is 2.01. The zero-order chi connectivity index (χ0) is 16.0. The highest BCUT2D eigenvalue weighted by Crippen LogP contribution is 2.29. The standard InChI is InChI=1S/C16H24N2O2S2/c1-16(2)13-18(9-10-21-16)15(19)17-8-11-22(20)12-14-6-4-3-5-7-14/h3-7H,8-13H2,1-2H3,(H,17,19)/t22-/m0/s1. The maximum Gasteiger partial charge on any atom is 0.317 e. The molecule has 6 heteroatoms. The first-order chi connectivity index (χ1) is 10.5. The van der Waals surface area contributed by atoms with Crippen molar-refractivity contribution in [2.45, 2.75) is 24.3 Å². The summed E-state index contributed by atoms with van der Waals surface area (Å²) in [5.41, 5.74) is 1.07. The van der Waals surface area contributed by atoms with Crippen molar-refractivity contribution in [1.82, 2.24) is 10.2 Å². The molecule has 4 nitrogen and oxygen atoms in total. The minimum absolute atomic E-state index is 0.0370.